The molecule has 0 bridgehead atoms. The van der Waals surface area contributed by atoms with Crippen molar-refractivity contribution in [2.24, 2.45) is 7.05 Å². The Hall–Kier alpha value is -1.89. The third-order valence-corrected chi connectivity index (χ3v) is 4.17. The number of aromatic nitrogens is 3. The number of aryl methyl sites for hydroxylation is 3. The van der Waals surface area contributed by atoms with Gasteiger partial charge < -0.3 is 0 Å². The van der Waals surface area contributed by atoms with Crippen LogP contribution in [0.5, 0.6) is 0 Å². The molecule has 7 heteroatoms. The summed E-state index contributed by atoms with van der Waals surface area (Å²) in [5, 5.41) is 4.01. The Morgan fingerprint density at radius 3 is 2.58 bits per heavy atom. The number of hydrogen-bond donors (Lipinski definition) is 1. The van der Waals surface area contributed by atoms with Gasteiger partial charge in [0.1, 0.15) is 5.82 Å². The van der Waals surface area contributed by atoms with Gasteiger partial charge >= 0.3 is 0 Å². The maximum absolute atomic E-state index is 12.4. The van der Waals surface area contributed by atoms with E-state index in [2.05, 4.69) is 14.8 Å². The summed E-state index contributed by atoms with van der Waals surface area (Å²) >= 11 is 0. The molecule has 1 N–H and O–H groups in total. The summed E-state index contributed by atoms with van der Waals surface area (Å²) in [5.41, 5.74) is 0.772. The molecule has 2 aromatic rings. The lowest BCUT2D eigenvalue weighted by Gasteiger charge is -2.10. The van der Waals surface area contributed by atoms with Crippen molar-refractivity contribution >= 4 is 16.0 Å². The van der Waals surface area contributed by atoms with Gasteiger partial charge in [-0.15, -0.1) is 0 Å². The predicted octanol–water partition coefficient (Wildman–Crippen LogP) is 1.49. The lowest BCUT2D eigenvalue weighted by molar-refractivity contribution is 0.599. The van der Waals surface area contributed by atoms with E-state index in [1.807, 2.05) is 13.0 Å². The molecule has 0 amide bonds. The zero-order chi connectivity index (χ0) is 14.0. The number of nitrogens with zero attached hydrogens (tertiary/aromatic N) is 3. The minimum atomic E-state index is -3.64. The minimum absolute atomic E-state index is 0.211. The second-order valence-corrected chi connectivity index (χ2v) is 5.82. The number of rotatable bonds is 4. The van der Waals surface area contributed by atoms with Gasteiger partial charge in [0.25, 0.3) is 10.0 Å². The van der Waals surface area contributed by atoms with E-state index in [0.717, 1.165) is 5.56 Å². The van der Waals surface area contributed by atoms with Crippen molar-refractivity contribution in [2.75, 3.05) is 4.72 Å². The quantitative estimate of drug-likeness (QED) is 0.920. The Morgan fingerprint density at radius 2 is 2.00 bits per heavy atom. The lowest BCUT2D eigenvalue weighted by atomic mass is 10.2. The van der Waals surface area contributed by atoms with Gasteiger partial charge in [-0.25, -0.2) is 17.8 Å². The average molecular weight is 280 g/mol. The van der Waals surface area contributed by atoms with Gasteiger partial charge in [0.15, 0.2) is 0 Å². The first-order chi connectivity index (χ1) is 8.94. The van der Waals surface area contributed by atoms with Gasteiger partial charge in [0.05, 0.1) is 4.90 Å². The van der Waals surface area contributed by atoms with E-state index >= 15 is 0 Å². The van der Waals surface area contributed by atoms with E-state index in [0.29, 0.717) is 12.2 Å². The van der Waals surface area contributed by atoms with Crippen LogP contribution < -0.4 is 4.72 Å². The summed E-state index contributed by atoms with van der Waals surface area (Å²) in [4.78, 5) is 4.31. The summed E-state index contributed by atoms with van der Waals surface area (Å²) in [6, 6.07) is 6.92. The molecular formula is C12H16N4O2S. The molecule has 19 heavy (non-hydrogen) atoms. The highest BCUT2D eigenvalue weighted by molar-refractivity contribution is 7.92. The Bertz CT molecular complexity index is 692. The summed E-state index contributed by atoms with van der Waals surface area (Å²) in [7, 11) is -2.00. The van der Waals surface area contributed by atoms with Gasteiger partial charge in [-0.3, -0.25) is 0 Å². The highest BCUT2D eigenvalue weighted by Crippen LogP contribution is 2.18. The molecule has 0 saturated heterocycles. The highest BCUT2D eigenvalue weighted by atomic mass is 32.2. The topological polar surface area (TPSA) is 76.9 Å². The zero-order valence-corrected chi connectivity index (χ0v) is 11.9. The fourth-order valence-electron chi connectivity index (χ4n) is 1.83. The van der Waals surface area contributed by atoms with Crippen molar-refractivity contribution in [3.63, 3.8) is 0 Å². The first-order valence-corrected chi connectivity index (χ1v) is 7.40. The molecule has 0 aliphatic rings. The maximum atomic E-state index is 12.4. The monoisotopic (exact) mass is 280 g/mol. The molecule has 0 aliphatic carbocycles. The second-order valence-electron chi connectivity index (χ2n) is 4.17. The van der Waals surface area contributed by atoms with Gasteiger partial charge in [-0.1, -0.05) is 25.1 Å². The number of nitrogens with one attached hydrogen (secondary N) is 1. The Morgan fingerprint density at radius 1 is 1.32 bits per heavy atom. The second kappa shape index (κ2) is 5.00. The van der Waals surface area contributed by atoms with E-state index in [4.69, 9.17) is 0 Å². The van der Waals surface area contributed by atoms with E-state index in [-0.39, 0.29) is 10.8 Å². The van der Waals surface area contributed by atoms with Crippen molar-refractivity contribution in [3.05, 3.63) is 35.7 Å². The third kappa shape index (κ3) is 2.76. The molecule has 0 aliphatic heterocycles. The van der Waals surface area contributed by atoms with Gasteiger partial charge in [0.2, 0.25) is 5.95 Å². The summed E-state index contributed by atoms with van der Waals surface area (Å²) in [5.74, 6) is 0.729. The number of benzene rings is 1. The molecule has 1 aromatic heterocycles. The average Bonchev–Trinajstić information content (AvgIpc) is 2.67. The van der Waals surface area contributed by atoms with Crippen LogP contribution in [0, 0.1) is 6.92 Å². The molecular weight excluding hydrogens is 264 g/mol. The highest BCUT2D eigenvalue weighted by Gasteiger charge is 2.19. The molecule has 0 atom stereocenters. The number of hydrogen-bond acceptors (Lipinski definition) is 4. The predicted molar refractivity (Wildman–Crippen MR) is 72.4 cm³/mol. The van der Waals surface area contributed by atoms with Crippen molar-refractivity contribution in [2.45, 2.75) is 25.2 Å². The standard InChI is InChI=1S/C12H16N4O2S/c1-4-10-7-5-6-8-11(10)19(17,18)15-12-13-9(2)14-16(12)3/h5-8H,4H2,1-3H3,(H,13,14,15). The van der Waals surface area contributed by atoms with Crippen LogP contribution in [-0.4, -0.2) is 23.2 Å². The van der Waals surface area contributed by atoms with Crippen LogP contribution in [0.25, 0.3) is 0 Å². The molecule has 102 valence electrons. The first kappa shape index (κ1) is 13.5. The molecule has 0 unspecified atom stereocenters. The van der Waals surface area contributed by atoms with Crippen molar-refractivity contribution in [1.82, 2.24) is 14.8 Å². The Labute approximate surface area is 112 Å². The molecule has 1 heterocycles. The molecule has 0 radical (unpaired) electrons. The minimum Gasteiger partial charge on any atom is -0.247 e. The summed E-state index contributed by atoms with van der Waals surface area (Å²) in [6.45, 7) is 3.62. The molecule has 6 nitrogen and oxygen atoms in total. The van der Waals surface area contributed by atoms with Gasteiger partial charge in [-0.05, 0) is 25.0 Å². The van der Waals surface area contributed by atoms with Gasteiger partial charge in [0, 0.05) is 7.05 Å². The van der Waals surface area contributed by atoms with Crippen LogP contribution in [0.4, 0.5) is 5.95 Å². The van der Waals surface area contributed by atoms with Crippen molar-refractivity contribution in [3.8, 4) is 0 Å². The van der Waals surface area contributed by atoms with Gasteiger partial charge in [-0.2, -0.15) is 10.1 Å². The van der Waals surface area contributed by atoms with E-state index in [1.165, 1.54) is 4.68 Å². The molecule has 0 fully saturated rings. The largest absolute Gasteiger partial charge is 0.264 e. The molecule has 2 rings (SSSR count). The van der Waals surface area contributed by atoms with Crippen molar-refractivity contribution < 1.29 is 8.42 Å². The Kier molecular flexibility index (Phi) is 3.57. The third-order valence-electron chi connectivity index (χ3n) is 2.74. The molecule has 0 saturated carbocycles. The number of anilines is 1. The van der Waals surface area contributed by atoms with Crippen LogP contribution in [0.1, 0.15) is 18.3 Å². The molecule has 0 spiro atoms. The smallest absolute Gasteiger partial charge is 0.247 e. The fraction of sp³-hybridized carbons (Fsp3) is 0.333. The van der Waals surface area contributed by atoms with Crippen molar-refractivity contribution in [1.29, 1.82) is 0 Å². The summed E-state index contributed by atoms with van der Waals surface area (Å²) < 4.78 is 28.6. The van der Waals surface area contributed by atoms with E-state index < -0.39 is 10.0 Å². The maximum Gasteiger partial charge on any atom is 0.264 e. The van der Waals surface area contributed by atoms with Crippen LogP contribution >= 0.6 is 0 Å². The van der Waals surface area contributed by atoms with Crippen LogP contribution in [0.15, 0.2) is 29.2 Å². The number of sulfonamides is 1. The normalized spacial score (nSPS) is 11.5. The first-order valence-electron chi connectivity index (χ1n) is 5.92. The zero-order valence-electron chi connectivity index (χ0n) is 11.1. The fourth-order valence-corrected chi connectivity index (χ4v) is 3.18. The lowest BCUT2D eigenvalue weighted by Crippen LogP contribution is -2.17. The summed E-state index contributed by atoms with van der Waals surface area (Å²) in [6.07, 6.45) is 0.648. The van der Waals surface area contributed by atoms with E-state index in [9.17, 15) is 8.42 Å². The Balaban J connectivity index is 2.40. The SMILES string of the molecule is CCc1ccccc1S(=O)(=O)Nc1nc(C)nn1C. The van der Waals surface area contributed by atoms with Crippen LogP contribution in [-0.2, 0) is 23.5 Å². The molecule has 1 aromatic carbocycles. The van der Waals surface area contributed by atoms with E-state index in [1.54, 1.807) is 32.2 Å². The van der Waals surface area contributed by atoms with Crippen LogP contribution in [0.3, 0.4) is 0 Å². The van der Waals surface area contributed by atoms with Crippen LogP contribution in [0.2, 0.25) is 0 Å².